The minimum absolute atomic E-state index is 0.0742. The minimum Gasteiger partial charge on any atom is -0.381 e. The molecule has 0 aromatic rings. The quantitative estimate of drug-likeness (QED) is 0.533. The van der Waals surface area contributed by atoms with Crippen LogP contribution in [0.1, 0.15) is 46.5 Å². The lowest BCUT2D eigenvalue weighted by atomic mass is 9.99. The molecule has 0 N–H and O–H groups in total. The highest BCUT2D eigenvalue weighted by atomic mass is 16.5. The van der Waals surface area contributed by atoms with Crippen LogP contribution in [0, 0.1) is 12.3 Å². The monoisotopic (exact) mass is 171 g/mol. The molecule has 0 aliphatic heterocycles. The van der Waals surface area contributed by atoms with Gasteiger partial charge in [-0.15, -0.1) is 0 Å². The third kappa shape index (κ3) is 9.96. The number of hydrogen-bond acceptors (Lipinski definition) is 1. The van der Waals surface area contributed by atoms with E-state index in [-0.39, 0.29) is 5.41 Å². The molecule has 0 saturated carbocycles. The Hall–Kier alpha value is -0.0400. The molecule has 0 spiro atoms. The summed E-state index contributed by atoms with van der Waals surface area (Å²) in [7, 11) is 0. The van der Waals surface area contributed by atoms with Gasteiger partial charge in [-0.3, -0.25) is 0 Å². The molecule has 0 bridgehead atoms. The van der Waals surface area contributed by atoms with Crippen LogP contribution >= 0.6 is 0 Å². The van der Waals surface area contributed by atoms with Gasteiger partial charge in [0.25, 0.3) is 0 Å². The highest BCUT2D eigenvalue weighted by molar-refractivity contribution is 4.69. The van der Waals surface area contributed by atoms with E-state index < -0.39 is 0 Å². The zero-order valence-electron chi connectivity index (χ0n) is 8.86. The lowest BCUT2D eigenvalue weighted by Gasteiger charge is -2.17. The molecule has 0 unspecified atom stereocenters. The van der Waals surface area contributed by atoms with Crippen LogP contribution in [0.4, 0.5) is 0 Å². The van der Waals surface area contributed by atoms with Gasteiger partial charge in [0.1, 0.15) is 0 Å². The Morgan fingerprint density at radius 1 is 1.17 bits per heavy atom. The lowest BCUT2D eigenvalue weighted by Crippen LogP contribution is -2.15. The first-order valence-corrected chi connectivity index (χ1v) is 4.99. The van der Waals surface area contributed by atoms with Crippen LogP contribution in [0.2, 0.25) is 0 Å². The van der Waals surface area contributed by atoms with Crippen molar-refractivity contribution in [3.8, 4) is 0 Å². The minimum atomic E-state index is 0.0742. The van der Waals surface area contributed by atoms with E-state index in [9.17, 15) is 0 Å². The van der Waals surface area contributed by atoms with Gasteiger partial charge in [0, 0.05) is 6.61 Å². The van der Waals surface area contributed by atoms with Crippen molar-refractivity contribution in [1.29, 1.82) is 0 Å². The van der Waals surface area contributed by atoms with Gasteiger partial charge in [0.2, 0.25) is 0 Å². The van der Waals surface area contributed by atoms with Crippen molar-refractivity contribution in [2.75, 3.05) is 13.2 Å². The summed E-state index contributed by atoms with van der Waals surface area (Å²) in [5.74, 6) is 0. The summed E-state index contributed by atoms with van der Waals surface area (Å²) in [4.78, 5) is 0. The molecule has 0 aromatic heterocycles. The fourth-order valence-corrected chi connectivity index (χ4v) is 0.979. The predicted octanol–water partition coefficient (Wildman–Crippen LogP) is 3.44. The maximum atomic E-state index is 5.48. The molecule has 0 fully saturated rings. The van der Waals surface area contributed by atoms with E-state index >= 15 is 0 Å². The molecular formula is C11H23O. The molecule has 0 rings (SSSR count). The molecule has 73 valence electrons. The van der Waals surface area contributed by atoms with Crippen LogP contribution < -0.4 is 0 Å². The van der Waals surface area contributed by atoms with E-state index in [0.717, 1.165) is 13.2 Å². The number of hydrogen-bond donors (Lipinski definition) is 0. The van der Waals surface area contributed by atoms with Crippen LogP contribution in [0.5, 0.6) is 0 Å². The van der Waals surface area contributed by atoms with Gasteiger partial charge in [-0.2, -0.15) is 0 Å². The van der Waals surface area contributed by atoms with E-state index in [1.807, 2.05) is 0 Å². The van der Waals surface area contributed by atoms with Crippen LogP contribution in [-0.4, -0.2) is 13.2 Å². The van der Waals surface area contributed by atoms with Crippen molar-refractivity contribution in [2.24, 2.45) is 5.41 Å². The summed E-state index contributed by atoms with van der Waals surface area (Å²) in [6, 6.07) is 0. The topological polar surface area (TPSA) is 9.23 Å². The highest BCUT2D eigenvalue weighted by Crippen LogP contribution is 2.12. The summed E-state index contributed by atoms with van der Waals surface area (Å²) < 4.78 is 5.48. The Bertz CT molecular complexity index is 91.7. The fraction of sp³-hybridized carbons (Fsp3) is 0.909. The largest absolute Gasteiger partial charge is 0.381 e. The molecule has 0 aliphatic carbocycles. The zero-order valence-corrected chi connectivity index (χ0v) is 8.86. The summed E-state index contributed by atoms with van der Waals surface area (Å²) in [6.45, 7) is 12.1. The van der Waals surface area contributed by atoms with Gasteiger partial charge in [-0.25, -0.2) is 0 Å². The van der Waals surface area contributed by atoms with Gasteiger partial charge < -0.3 is 4.74 Å². The summed E-state index contributed by atoms with van der Waals surface area (Å²) >= 11 is 0. The maximum Gasteiger partial charge on any atom is 0.0517 e. The van der Waals surface area contributed by atoms with Crippen molar-refractivity contribution in [2.45, 2.75) is 46.5 Å². The van der Waals surface area contributed by atoms with Crippen LogP contribution in [0.25, 0.3) is 0 Å². The number of rotatable bonds is 7. The smallest absolute Gasteiger partial charge is 0.0517 e. The molecule has 0 aromatic carbocycles. The van der Waals surface area contributed by atoms with E-state index in [2.05, 4.69) is 27.7 Å². The SMILES string of the molecule is [CH2]C(C)(C)COCCCCCC. The van der Waals surface area contributed by atoms with Crippen LogP contribution in [0.15, 0.2) is 0 Å². The molecule has 1 radical (unpaired) electrons. The molecule has 0 heterocycles. The zero-order chi connectivity index (χ0) is 9.45. The lowest BCUT2D eigenvalue weighted by molar-refractivity contribution is 0.0796. The van der Waals surface area contributed by atoms with Crippen molar-refractivity contribution in [3.05, 3.63) is 6.92 Å². The molecule has 0 amide bonds. The van der Waals surface area contributed by atoms with Crippen LogP contribution in [0.3, 0.4) is 0 Å². The second kappa shape index (κ2) is 6.47. The van der Waals surface area contributed by atoms with Crippen LogP contribution in [-0.2, 0) is 4.74 Å². The predicted molar refractivity (Wildman–Crippen MR) is 54.1 cm³/mol. The Morgan fingerprint density at radius 2 is 1.83 bits per heavy atom. The molecule has 1 heteroatoms. The molecule has 0 saturated heterocycles. The van der Waals surface area contributed by atoms with Gasteiger partial charge in [-0.1, -0.05) is 40.0 Å². The highest BCUT2D eigenvalue weighted by Gasteiger charge is 2.09. The number of unbranched alkanes of at least 4 members (excludes halogenated alkanes) is 3. The summed E-state index contributed by atoms with van der Waals surface area (Å²) in [6.07, 6.45) is 5.12. The van der Waals surface area contributed by atoms with E-state index in [4.69, 9.17) is 4.74 Å². The van der Waals surface area contributed by atoms with E-state index in [0.29, 0.717) is 0 Å². The van der Waals surface area contributed by atoms with Gasteiger partial charge in [0.05, 0.1) is 6.61 Å². The molecule has 0 aliphatic rings. The summed E-state index contributed by atoms with van der Waals surface area (Å²) in [5, 5.41) is 0. The van der Waals surface area contributed by atoms with Gasteiger partial charge in [-0.05, 0) is 18.8 Å². The van der Waals surface area contributed by atoms with Crippen molar-refractivity contribution in [1.82, 2.24) is 0 Å². The fourth-order valence-electron chi connectivity index (χ4n) is 0.979. The van der Waals surface area contributed by atoms with Crippen molar-refractivity contribution in [3.63, 3.8) is 0 Å². The maximum absolute atomic E-state index is 5.48. The third-order valence-electron chi connectivity index (χ3n) is 1.64. The molecular weight excluding hydrogens is 148 g/mol. The second-order valence-electron chi connectivity index (χ2n) is 4.28. The molecule has 12 heavy (non-hydrogen) atoms. The Labute approximate surface area is 77.5 Å². The average Bonchev–Trinajstić information content (AvgIpc) is 1.94. The Kier molecular flexibility index (Phi) is 6.45. The van der Waals surface area contributed by atoms with Crippen molar-refractivity contribution >= 4 is 0 Å². The second-order valence-corrected chi connectivity index (χ2v) is 4.28. The van der Waals surface area contributed by atoms with Crippen molar-refractivity contribution < 1.29 is 4.74 Å². The number of ether oxygens (including phenoxy) is 1. The molecule has 0 atom stereocenters. The summed E-state index contributed by atoms with van der Waals surface area (Å²) in [5.41, 5.74) is 0.0742. The Balaban J connectivity index is 3.01. The third-order valence-corrected chi connectivity index (χ3v) is 1.64. The van der Waals surface area contributed by atoms with Gasteiger partial charge >= 0.3 is 0 Å². The standard InChI is InChI=1S/C11H23O/c1-5-6-7-8-9-12-10-11(2,3)4/h2,5-10H2,1,3-4H3. The Morgan fingerprint density at radius 3 is 2.33 bits per heavy atom. The first-order chi connectivity index (χ1) is 5.56. The average molecular weight is 171 g/mol. The van der Waals surface area contributed by atoms with E-state index in [1.165, 1.54) is 25.7 Å². The first kappa shape index (κ1) is 12.0. The van der Waals surface area contributed by atoms with Gasteiger partial charge in [0.15, 0.2) is 0 Å². The normalized spacial score (nSPS) is 12.0. The molecule has 1 nitrogen and oxygen atoms in total. The van der Waals surface area contributed by atoms with E-state index in [1.54, 1.807) is 0 Å². The first-order valence-electron chi connectivity index (χ1n) is 4.99.